The van der Waals surface area contributed by atoms with Crippen LogP contribution in [-0.2, 0) is 14.3 Å². The van der Waals surface area contributed by atoms with Gasteiger partial charge in [-0.05, 0) is 54.6 Å². The number of hydrogen-bond donors (Lipinski definition) is 3. The molecule has 0 unspecified atom stereocenters. The van der Waals surface area contributed by atoms with E-state index in [1.165, 1.54) is 0 Å². The van der Waals surface area contributed by atoms with Gasteiger partial charge in [-0.1, -0.05) is 82.3 Å². The van der Waals surface area contributed by atoms with Crippen molar-refractivity contribution in [2.45, 2.75) is 72.0 Å². The first kappa shape index (κ1) is 30.0. The standard InChI is InChI=1S/C35H44N2O5/c1-6-33(4)20-28(34(5)22(2)16-18-35(23(3)31(33)40)19-17-27(38)30(34)35)42-29(39)21-36-32(41)37-26-15-11-10-14-25(26)24-12-8-7-9-13-24/h6-15,22-23,28,30-31,40H,1,16-21H2,2-5H3,(H2,36,37,41)/t22-,23+,28-,30+,31+,33-,34+,35+/m1/s1. The largest absolute Gasteiger partial charge is 0.460 e. The average molecular weight is 573 g/mol. The number of ether oxygens (including phenoxy) is 1. The molecule has 3 aliphatic rings. The number of benzene rings is 2. The molecular formula is C35H44N2O5. The second kappa shape index (κ2) is 11.3. The molecule has 0 aliphatic heterocycles. The second-order valence-corrected chi connectivity index (χ2v) is 13.3. The second-order valence-electron chi connectivity index (χ2n) is 13.3. The molecule has 3 saturated carbocycles. The molecule has 2 amide bonds. The topological polar surface area (TPSA) is 105 Å². The Bertz CT molecular complexity index is 1360. The van der Waals surface area contributed by atoms with Crippen molar-refractivity contribution in [1.29, 1.82) is 0 Å². The molecule has 3 fully saturated rings. The molecule has 0 saturated heterocycles. The first-order valence-corrected chi connectivity index (χ1v) is 15.2. The highest BCUT2D eigenvalue weighted by Gasteiger charge is 2.68. The Morgan fingerprint density at radius 2 is 1.76 bits per heavy atom. The van der Waals surface area contributed by atoms with Crippen LogP contribution in [0.2, 0.25) is 0 Å². The molecule has 7 heteroatoms. The van der Waals surface area contributed by atoms with E-state index in [1.807, 2.05) is 61.5 Å². The molecule has 2 bridgehead atoms. The van der Waals surface area contributed by atoms with Crippen LogP contribution in [0, 0.1) is 34.0 Å². The van der Waals surface area contributed by atoms with Crippen LogP contribution in [-0.4, -0.2) is 41.6 Å². The maximum Gasteiger partial charge on any atom is 0.325 e. The minimum atomic E-state index is -0.726. The smallest absolute Gasteiger partial charge is 0.325 e. The van der Waals surface area contributed by atoms with Crippen molar-refractivity contribution < 1.29 is 24.2 Å². The number of para-hydroxylation sites is 1. The quantitative estimate of drug-likeness (QED) is 0.275. The first-order valence-electron chi connectivity index (χ1n) is 15.2. The Morgan fingerprint density at radius 1 is 1.07 bits per heavy atom. The molecule has 8 atom stereocenters. The van der Waals surface area contributed by atoms with E-state index >= 15 is 0 Å². The Hall–Kier alpha value is -3.45. The van der Waals surface area contributed by atoms with E-state index in [-0.39, 0.29) is 35.5 Å². The number of esters is 1. The Labute approximate surface area is 249 Å². The number of aliphatic hydroxyl groups is 1. The maximum atomic E-state index is 13.6. The lowest BCUT2D eigenvalue weighted by atomic mass is 9.44. The highest BCUT2D eigenvalue weighted by atomic mass is 16.5. The van der Waals surface area contributed by atoms with Gasteiger partial charge in [0.15, 0.2) is 0 Å². The zero-order valence-corrected chi connectivity index (χ0v) is 25.2. The van der Waals surface area contributed by atoms with Gasteiger partial charge in [-0.2, -0.15) is 0 Å². The Kier molecular flexibility index (Phi) is 8.10. The van der Waals surface area contributed by atoms with Gasteiger partial charge < -0.3 is 20.5 Å². The van der Waals surface area contributed by atoms with Gasteiger partial charge in [0.2, 0.25) is 0 Å². The maximum absolute atomic E-state index is 13.6. The normalized spacial score (nSPS) is 35.7. The lowest BCUT2D eigenvalue weighted by Crippen LogP contribution is -2.63. The molecule has 2 aromatic carbocycles. The molecule has 0 radical (unpaired) electrons. The molecule has 3 N–H and O–H groups in total. The van der Waals surface area contributed by atoms with Gasteiger partial charge in [-0.15, -0.1) is 6.58 Å². The monoisotopic (exact) mass is 572 g/mol. The number of anilines is 1. The summed E-state index contributed by atoms with van der Waals surface area (Å²) in [5.41, 5.74) is 0.809. The number of aliphatic hydroxyl groups excluding tert-OH is 1. The van der Waals surface area contributed by atoms with E-state index in [2.05, 4.69) is 38.0 Å². The minimum Gasteiger partial charge on any atom is -0.460 e. The SMILES string of the molecule is C=C[C@]1(C)C[C@@H](OC(=O)CNC(=O)Nc2ccccc2-c2ccccc2)[C@]2(C)[C@H](C)CC[C@]3(CCC(=O)[C@H]32)[C@@H](C)[C@@H]1O. The number of urea groups is 1. The van der Waals surface area contributed by atoms with Gasteiger partial charge in [0.1, 0.15) is 18.4 Å². The summed E-state index contributed by atoms with van der Waals surface area (Å²) in [6.45, 7) is 12.0. The number of carbonyl (C=O) groups is 3. The average Bonchev–Trinajstić information content (AvgIpc) is 3.35. The lowest BCUT2D eigenvalue weighted by Gasteiger charge is -2.61. The predicted octanol–water partition coefficient (Wildman–Crippen LogP) is 6.38. The van der Waals surface area contributed by atoms with E-state index in [9.17, 15) is 19.5 Å². The van der Waals surface area contributed by atoms with Gasteiger partial charge >= 0.3 is 12.0 Å². The van der Waals surface area contributed by atoms with Gasteiger partial charge in [0.05, 0.1) is 11.8 Å². The third kappa shape index (κ3) is 4.96. The summed E-state index contributed by atoms with van der Waals surface area (Å²) in [7, 11) is 0. The van der Waals surface area contributed by atoms with Gasteiger partial charge in [0.25, 0.3) is 0 Å². The highest BCUT2D eigenvalue weighted by molar-refractivity contribution is 5.95. The molecular weight excluding hydrogens is 528 g/mol. The van der Waals surface area contributed by atoms with Crippen LogP contribution in [0.3, 0.4) is 0 Å². The third-order valence-electron chi connectivity index (χ3n) is 11.2. The number of amides is 2. The molecule has 2 aromatic rings. The summed E-state index contributed by atoms with van der Waals surface area (Å²) < 4.78 is 6.22. The number of hydrogen-bond acceptors (Lipinski definition) is 5. The number of Topliss-reactive ketones (excluding diaryl/α,β-unsaturated/α-hetero) is 1. The van der Waals surface area contributed by atoms with E-state index < -0.39 is 35.0 Å². The molecule has 3 aliphatic carbocycles. The van der Waals surface area contributed by atoms with Crippen molar-refractivity contribution in [3.05, 3.63) is 67.3 Å². The molecule has 5 rings (SSSR count). The summed E-state index contributed by atoms with van der Waals surface area (Å²) >= 11 is 0. The van der Waals surface area contributed by atoms with Crippen molar-refractivity contribution in [1.82, 2.24) is 5.32 Å². The fourth-order valence-corrected chi connectivity index (χ4v) is 8.48. The van der Waals surface area contributed by atoms with Crippen molar-refractivity contribution in [2.75, 3.05) is 11.9 Å². The fraction of sp³-hybridized carbons (Fsp3) is 0.514. The van der Waals surface area contributed by atoms with E-state index in [4.69, 9.17) is 4.74 Å². The number of ketones is 1. The fourth-order valence-electron chi connectivity index (χ4n) is 8.48. The number of nitrogens with one attached hydrogen (secondary N) is 2. The van der Waals surface area contributed by atoms with E-state index in [0.29, 0.717) is 18.5 Å². The van der Waals surface area contributed by atoms with E-state index in [1.54, 1.807) is 6.08 Å². The lowest BCUT2D eigenvalue weighted by molar-refractivity contribution is -0.206. The summed E-state index contributed by atoms with van der Waals surface area (Å²) in [4.78, 5) is 39.8. The van der Waals surface area contributed by atoms with Crippen LogP contribution in [0.15, 0.2) is 67.3 Å². The van der Waals surface area contributed by atoms with Crippen LogP contribution in [0.5, 0.6) is 0 Å². The number of rotatable bonds is 6. The summed E-state index contributed by atoms with van der Waals surface area (Å²) in [6.07, 6.45) is 3.79. The van der Waals surface area contributed by atoms with Gasteiger partial charge in [-0.3, -0.25) is 9.59 Å². The van der Waals surface area contributed by atoms with Crippen LogP contribution in [0.4, 0.5) is 10.5 Å². The zero-order valence-electron chi connectivity index (χ0n) is 25.2. The van der Waals surface area contributed by atoms with Crippen LogP contribution in [0.1, 0.15) is 59.8 Å². The molecule has 0 heterocycles. The summed E-state index contributed by atoms with van der Waals surface area (Å²) in [6, 6.07) is 16.7. The minimum absolute atomic E-state index is 0.0930. The van der Waals surface area contributed by atoms with Crippen LogP contribution in [0.25, 0.3) is 11.1 Å². The van der Waals surface area contributed by atoms with Crippen molar-refractivity contribution >= 4 is 23.5 Å². The highest BCUT2D eigenvalue weighted by Crippen LogP contribution is 2.68. The van der Waals surface area contributed by atoms with E-state index in [0.717, 1.165) is 30.4 Å². The first-order chi connectivity index (χ1) is 20.0. The van der Waals surface area contributed by atoms with Gasteiger partial charge in [-0.25, -0.2) is 4.79 Å². The third-order valence-corrected chi connectivity index (χ3v) is 11.2. The number of carbonyl (C=O) groups excluding carboxylic acids is 3. The van der Waals surface area contributed by atoms with Crippen LogP contribution < -0.4 is 10.6 Å². The van der Waals surface area contributed by atoms with Gasteiger partial charge in [0, 0.05) is 28.7 Å². The molecule has 224 valence electrons. The van der Waals surface area contributed by atoms with Crippen molar-refractivity contribution in [3.8, 4) is 11.1 Å². The summed E-state index contributed by atoms with van der Waals surface area (Å²) in [5.74, 6) is -0.615. The Morgan fingerprint density at radius 3 is 2.48 bits per heavy atom. The Balaban J connectivity index is 1.35. The predicted molar refractivity (Wildman–Crippen MR) is 164 cm³/mol. The summed E-state index contributed by atoms with van der Waals surface area (Å²) in [5, 5.41) is 17.2. The van der Waals surface area contributed by atoms with Crippen molar-refractivity contribution in [2.24, 2.45) is 34.0 Å². The van der Waals surface area contributed by atoms with Crippen LogP contribution >= 0.6 is 0 Å². The van der Waals surface area contributed by atoms with Crippen molar-refractivity contribution in [3.63, 3.8) is 0 Å². The molecule has 0 spiro atoms. The molecule has 0 aromatic heterocycles. The zero-order chi connectivity index (χ0) is 30.3. The molecule has 42 heavy (non-hydrogen) atoms. The molecule has 7 nitrogen and oxygen atoms in total.